The summed E-state index contributed by atoms with van der Waals surface area (Å²) in [7, 11) is 0. The summed E-state index contributed by atoms with van der Waals surface area (Å²) in [5.41, 5.74) is 0.671. The molecule has 0 aliphatic carbocycles. The van der Waals surface area contributed by atoms with Gasteiger partial charge in [0.05, 0.1) is 12.7 Å². The Morgan fingerprint density at radius 1 is 1.29 bits per heavy atom. The highest BCUT2D eigenvalue weighted by molar-refractivity contribution is 5.95. The van der Waals surface area contributed by atoms with Gasteiger partial charge in [0.25, 0.3) is 0 Å². The van der Waals surface area contributed by atoms with Gasteiger partial charge < -0.3 is 9.84 Å². The smallest absolute Gasteiger partial charge is 0.313 e. The predicted molar refractivity (Wildman–Crippen MR) is 62.3 cm³/mol. The molecule has 0 saturated carbocycles. The molecule has 0 unspecified atom stereocenters. The molecule has 1 rings (SSSR count). The number of esters is 1. The van der Waals surface area contributed by atoms with Crippen molar-refractivity contribution in [3.8, 4) is 0 Å². The molecule has 0 aromatic heterocycles. The van der Waals surface area contributed by atoms with Crippen molar-refractivity contribution in [3.63, 3.8) is 0 Å². The maximum Gasteiger partial charge on any atom is 0.313 e. The average Bonchev–Trinajstić information content (AvgIpc) is 2.30. The number of rotatable bonds is 6. The zero-order chi connectivity index (χ0) is 12.7. The van der Waals surface area contributed by atoms with Crippen LogP contribution in [0.4, 0.5) is 0 Å². The van der Waals surface area contributed by atoms with E-state index in [0.29, 0.717) is 5.56 Å². The molecule has 1 aromatic rings. The van der Waals surface area contributed by atoms with Crippen LogP contribution in [0.3, 0.4) is 0 Å². The largest absolute Gasteiger partial charge is 0.466 e. The van der Waals surface area contributed by atoms with E-state index in [1.165, 1.54) is 0 Å². The van der Waals surface area contributed by atoms with Crippen molar-refractivity contribution in [2.75, 3.05) is 6.61 Å². The third kappa shape index (κ3) is 4.78. The standard InChI is InChI=1S/C13H16O4/c1-2-17-13(16)9-11(14)8-12(15)10-6-4-3-5-7-10/h3-7,12,15H,2,8-9H2,1H3/t12-/m0/s1. The van der Waals surface area contributed by atoms with Crippen molar-refractivity contribution in [1.82, 2.24) is 0 Å². The molecule has 92 valence electrons. The zero-order valence-electron chi connectivity index (χ0n) is 9.76. The topological polar surface area (TPSA) is 63.6 Å². The van der Waals surface area contributed by atoms with Crippen molar-refractivity contribution in [2.45, 2.75) is 25.9 Å². The highest BCUT2D eigenvalue weighted by Gasteiger charge is 2.16. The van der Waals surface area contributed by atoms with Crippen LogP contribution in [-0.4, -0.2) is 23.5 Å². The van der Waals surface area contributed by atoms with E-state index >= 15 is 0 Å². The Morgan fingerprint density at radius 3 is 2.53 bits per heavy atom. The first-order chi connectivity index (χ1) is 8.13. The Morgan fingerprint density at radius 2 is 1.94 bits per heavy atom. The summed E-state index contributed by atoms with van der Waals surface area (Å²) >= 11 is 0. The molecule has 0 bridgehead atoms. The molecule has 0 spiro atoms. The van der Waals surface area contributed by atoms with Gasteiger partial charge in [-0.1, -0.05) is 30.3 Å². The summed E-state index contributed by atoms with van der Waals surface area (Å²) in [6.07, 6.45) is -1.21. The van der Waals surface area contributed by atoms with Crippen LogP contribution in [0.2, 0.25) is 0 Å². The molecule has 1 aromatic carbocycles. The van der Waals surface area contributed by atoms with Crippen LogP contribution in [0.5, 0.6) is 0 Å². The van der Waals surface area contributed by atoms with Crippen LogP contribution in [0.1, 0.15) is 31.4 Å². The highest BCUT2D eigenvalue weighted by Crippen LogP contribution is 2.16. The van der Waals surface area contributed by atoms with Crippen LogP contribution in [0.25, 0.3) is 0 Å². The second-order valence-electron chi connectivity index (χ2n) is 3.65. The van der Waals surface area contributed by atoms with Crippen LogP contribution < -0.4 is 0 Å². The lowest BCUT2D eigenvalue weighted by Crippen LogP contribution is -2.13. The van der Waals surface area contributed by atoms with E-state index in [9.17, 15) is 14.7 Å². The minimum absolute atomic E-state index is 0.0666. The zero-order valence-corrected chi connectivity index (χ0v) is 9.76. The van der Waals surface area contributed by atoms with Crippen LogP contribution in [0.15, 0.2) is 30.3 Å². The number of ketones is 1. The molecule has 0 amide bonds. The van der Waals surface area contributed by atoms with Crippen LogP contribution in [-0.2, 0) is 14.3 Å². The maximum absolute atomic E-state index is 11.5. The molecular formula is C13H16O4. The third-order valence-corrected chi connectivity index (χ3v) is 2.25. The van der Waals surface area contributed by atoms with Gasteiger partial charge in [0.1, 0.15) is 12.2 Å². The molecule has 0 aliphatic rings. The molecular weight excluding hydrogens is 220 g/mol. The Kier molecular flexibility index (Phi) is 5.36. The molecule has 4 heteroatoms. The Hall–Kier alpha value is -1.68. The van der Waals surface area contributed by atoms with E-state index < -0.39 is 12.1 Å². The van der Waals surface area contributed by atoms with E-state index in [4.69, 9.17) is 0 Å². The number of hydrogen-bond donors (Lipinski definition) is 1. The molecule has 0 aliphatic heterocycles. The summed E-state index contributed by atoms with van der Waals surface area (Å²) in [6, 6.07) is 8.88. The average molecular weight is 236 g/mol. The maximum atomic E-state index is 11.5. The second kappa shape index (κ2) is 6.81. The fourth-order valence-electron chi connectivity index (χ4n) is 1.45. The normalized spacial score (nSPS) is 11.9. The summed E-state index contributed by atoms with van der Waals surface area (Å²) in [6.45, 7) is 1.94. The summed E-state index contributed by atoms with van der Waals surface area (Å²) < 4.78 is 4.66. The quantitative estimate of drug-likeness (QED) is 0.602. The van der Waals surface area contributed by atoms with E-state index in [1.54, 1.807) is 31.2 Å². The van der Waals surface area contributed by atoms with E-state index in [2.05, 4.69) is 4.74 Å². The highest BCUT2D eigenvalue weighted by atomic mass is 16.5. The Bertz CT molecular complexity index is 372. The van der Waals surface area contributed by atoms with Gasteiger partial charge in [-0.2, -0.15) is 0 Å². The number of carbonyl (C=O) groups excluding carboxylic acids is 2. The van der Waals surface area contributed by atoms with Gasteiger partial charge in [0, 0.05) is 6.42 Å². The molecule has 0 radical (unpaired) electrons. The number of aliphatic hydroxyl groups excluding tert-OH is 1. The van der Waals surface area contributed by atoms with Crippen molar-refractivity contribution >= 4 is 11.8 Å². The number of benzene rings is 1. The van der Waals surface area contributed by atoms with Gasteiger partial charge in [0.15, 0.2) is 0 Å². The van der Waals surface area contributed by atoms with E-state index in [0.717, 1.165) is 0 Å². The van der Waals surface area contributed by atoms with Gasteiger partial charge in [-0.3, -0.25) is 9.59 Å². The predicted octanol–water partition coefficient (Wildman–Crippen LogP) is 1.63. The first-order valence-electron chi connectivity index (χ1n) is 5.53. The molecule has 1 atom stereocenters. The van der Waals surface area contributed by atoms with Gasteiger partial charge >= 0.3 is 5.97 Å². The van der Waals surface area contributed by atoms with Crippen LogP contribution in [0, 0.1) is 0 Å². The monoisotopic (exact) mass is 236 g/mol. The summed E-state index contributed by atoms with van der Waals surface area (Å²) in [5, 5.41) is 9.76. The lowest BCUT2D eigenvalue weighted by molar-refractivity contribution is -0.145. The van der Waals surface area contributed by atoms with Gasteiger partial charge in [0.2, 0.25) is 0 Å². The number of Topliss-reactive ketones (excluding diaryl/α,β-unsaturated/α-hetero) is 1. The van der Waals surface area contributed by atoms with Crippen molar-refractivity contribution in [2.24, 2.45) is 0 Å². The molecule has 0 saturated heterocycles. The lowest BCUT2D eigenvalue weighted by Gasteiger charge is -2.09. The van der Waals surface area contributed by atoms with Gasteiger partial charge in [-0.15, -0.1) is 0 Å². The molecule has 1 N–H and O–H groups in total. The fourth-order valence-corrected chi connectivity index (χ4v) is 1.45. The molecule has 17 heavy (non-hydrogen) atoms. The van der Waals surface area contributed by atoms with Crippen molar-refractivity contribution in [3.05, 3.63) is 35.9 Å². The molecule has 0 heterocycles. The summed E-state index contributed by atoms with van der Waals surface area (Å²) in [5.74, 6) is -0.863. The van der Waals surface area contributed by atoms with Crippen molar-refractivity contribution < 1.29 is 19.4 Å². The first kappa shape index (κ1) is 13.4. The van der Waals surface area contributed by atoms with E-state index in [1.807, 2.05) is 6.07 Å². The minimum Gasteiger partial charge on any atom is -0.466 e. The Balaban J connectivity index is 2.44. The van der Waals surface area contributed by atoms with Gasteiger partial charge in [-0.25, -0.2) is 0 Å². The Labute approximate surface area is 100 Å². The number of aliphatic hydroxyl groups is 1. The fraction of sp³-hybridized carbons (Fsp3) is 0.385. The van der Waals surface area contributed by atoms with Gasteiger partial charge in [-0.05, 0) is 12.5 Å². The van der Waals surface area contributed by atoms with Crippen LogP contribution >= 0.6 is 0 Å². The number of hydrogen-bond acceptors (Lipinski definition) is 4. The molecule has 4 nitrogen and oxygen atoms in total. The first-order valence-corrected chi connectivity index (χ1v) is 5.53. The summed E-state index contributed by atoms with van der Waals surface area (Å²) in [4.78, 5) is 22.5. The number of carbonyl (C=O) groups is 2. The second-order valence-corrected chi connectivity index (χ2v) is 3.65. The third-order valence-electron chi connectivity index (χ3n) is 2.25. The SMILES string of the molecule is CCOC(=O)CC(=O)C[C@H](O)c1ccccc1. The minimum atomic E-state index is -0.863. The number of ether oxygens (including phenoxy) is 1. The molecule has 0 fully saturated rings. The lowest BCUT2D eigenvalue weighted by atomic mass is 10.0. The van der Waals surface area contributed by atoms with E-state index in [-0.39, 0.29) is 25.2 Å². The van der Waals surface area contributed by atoms with Crippen molar-refractivity contribution in [1.29, 1.82) is 0 Å².